The second-order valence-corrected chi connectivity index (χ2v) is 6.88. The van der Waals surface area contributed by atoms with Crippen LogP contribution in [0.4, 0.5) is 0 Å². The van der Waals surface area contributed by atoms with Crippen LogP contribution in [0.2, 0.25) is 0 Å². The van der Waals surface area contributed by atoms with E-state index in [9.17, 15) is 4.79 Å². The van der Waals surface area contributed by atoms with Crippen molar-refractivity contribution in [2.45, 2.75) is 39.2 Å². The van der Waals surface area contributed by atoms with Crippen LogP contribution in [0.25, 0.3) is 0 Å². The number of unbranched alkanes of at least 4 members (excludes halogenated alkanes) is 1. The van der Waals surface area contributed by atoms with Gasteiger partial charge in [0, 0.05) is 37.1 Å². The van der Waals surface area contributed by atoms with Crippen molar-refractivity contribution in [2.75, 3.05) is 6.54 Å². The fourth-order valence-electron chi connectivity index (χ4n) is 2.85. The van der Waals surface area contributed by atoms with E-state index in [4.69, 9.17) is 10.5 Å². The Morgan fingerprint density at radius 2 is 1.93 bits per heavy atom. The third-order valence-corrected chi connectivity index (χ3v) is 4.52. The number of imidazole rings is 1. The Balaban J connectivity index is 1.41. The molecule has 4 N–H and O–H groups in total. The number of pyridine rings is 1. The van der Waals surface area contributed by atoms with Gasteiger partial charge in [-0.15, -0.1) is 0 Å². The molecule has 7 heteroatoms. The highest BCUT2D eigenvalue weighted by molar-refractivity contribution is 5.92. The molecule has 0 aliphatic carbocycles. The van der Waals surface area contributed by atoms with Crippen LogP contribution in [0.15, 0.2) is 48.8 Å². The summed E-state index contributed by atoms with van der Waals surface area (Å²) < 4.78 is 5.69. The molecule has 0 radical (unpaired) electrons. The number of amides is 1. The maximum Gasteiger partial charge on any atom is 0.250 e. The summed E-state index contributed by atoms with van der Waals surface area (Å²) in [7, 11) is 0. The lowest BCUT2D eigenvalue weighted by molar-refractivity contribution is 0.1000. The lowest BCUT2D eigenvalue weighted by Crippen LogP contribution is -2.16. The minimum Gasteiger partial charge on any atom is -0.439 e. The molecule has 29 heavy (non-hydrogen) atoms. The summed E-state index contributed by atoms with van der Waals surface area (Å²) in [5, 5.41) is 3.44. The number of nitrogens with one attached hydrogen (secondary N) is 2. The molecule has 3 rings (SSSR count). The number of primary amides is 1. The third-order valence-electron chi connectivity index (χ3n) is 4.52. The Hall–Kier alpha value is -3.19. The number of carbonyl (C=O) groups excluding carboxylic acids is 1. The number of H-pyrrole nitrogens is 1. The monoisotopic (exact) mass is 393 g/mol. The molecule has 3 aromatic rings. The van der Waals surface area contributed by atoms with Crippen LogP contribution in [-0.4, -0.2) is 27.4 Å². The molecule has 0 saturated carbocycles. The molecular formula is C22H27N5O2. The number of hydrogen-bond acceptors (Lipinski definition) is 5. The number of benzene rings is 1. The standard InChI is InChI=1S/C22H27N5O2/c1-2-3-4-20-25-15-18(27-20)14-24-12-11-16-5-8-19(9-6-16)29-21-10-7-17(13-26-21)22(23)28/h5-10,13,15,24H,2-4,11-12,14H2,1H3,(H2,23,28)(H,25,27). The van der Waals surface area contributed by atoms with Crippen LogP contribution in [0.3, 0.4) is 0 Å². The third kappa shape index (κ3) is 6.43. The molecule has 0 aliphatic rings. The number of aryl methyl sites for hydroxylation is 1. The number of aromatic nitrogens is 3. The lowest BCUT2D eigenvalue weighted by Gasteiger charge is -2.07. The molecule has 0 spiro atoms. The number of ether oxygens (including phenoxy) is 1. The molecule has 7 nitrogen and oxygen atoms in total. The van der Waals surface area contributed by atoms with Gasteiger partial charge in [0.15, 0.2) is 0 Å². The second kappa shape index (κ2) is 10.4. The average Bonchev–Trinajstić information content (AvgIpc) is 3.19. The van der Waals surface area contributed by atoms with Gasteiger partial charge in [-0.25, -0.2) is 9.97 Å². The normalized spacial score (nSPS) is 10.8. The zero-order chi connectivity index (χ0) is 20.5. The Morgan fingerprint density at radius 3 is 2.62 bits per heavy atom. The van der Waals surface area contributed by atoms with Gasteiger partial charge >= 0.3 is 0 Å². The smallest absolute Gasteiger partial charge is 0.250 e. The van der Waals surface area contributed by atoms with Crippen molar-refractivity contribution in [1.82, 2.24) is 20.3 Å². The first kappa shape index (κ1) is 20.5. The summed E-state index contributed by atoms with van der Waals surface area (Å²) in [4.78, 5) is 22.9. The first-order valence-electron chi connectivity index (χ1n) is 9.90. The second-order valence-electron chi connectivity index (χ2n) is 6.88. The van der Waals surface area contributed by atoms with Crippen LogP contribution in [0.1, 0.15) is 47.2 Å². The van der Waals surface area contributed by atoms with Gasteiger partial charge < -0.3 is 20.8 Å². The van der Waals surface area contributed by atoms with Crippen LogP contribution < -0.4 is 15.8 Å². The van der Waals surface area contributed by atoms with Crippen LogP contribution in [-0.2, 0) is 19.4 Å². The first-order chi connectivity index (χ1) is 14.1. The van der Waals surface area contributed by atoms with Gasteiger partial charge in [0.05, 0.1) is 5.56 Å². The SMILES string of the molecule is CCCCc1ncc(CNCCc2ccc(Oc3ccc(C(N)=O)cn3)cc2)[nH]1. The quantitative estimate of drug-likeness (QED) is 0.433. The van der Waals surface area contributed by atoms with E-state index >= 15 is 0 Å². The molecule has 2 heterocycles. The Bertz CT molecular complexity index is 904. The van der Waals surface area contributed by atoms with E-state index in [-0.39, 0.29) is 0 Å². The van der Waals surface area contributed by atoms with Crippen molar-refractivity contribution in [1.29, 1.82) is 0 Å². The Labute approximate surface area is 170 Å². The van der Waals surface area contributed by atoms with Gasteiger partial charge in [0.2, 0.25) is 11.8 Å². The molecule has 0 atom stereocenters. The number of nitrogens with zero attached hydrogens (tertiary/aromatic N) is 2. The summed E-state index contributed by atoms with van der Waals surface area (Å²) in [5.74, 6) is 1.67. The number of carbonyl (C=O) groups is 1. The molecule has 0 saturated heterocycles. The fraction of sp³-hybridized carbons (Fsp3) is 0.318. The molecule has 1 aromatic carbocycles. The van der Waals surface area contributed by atoms with Crippen molar-refractivity contribution in [3.63, 3.8) is 0 Å². The summed E-state index contributed by atoms with van der Waals surface area (Å²) >= 11 is 0. The van der Waals surface area contributed by atoms with Gasteiger partial charge in [-0.3, -0.25) is 4.79 Å². The summed E-state index contributed by atoms with van der Waals surface area (Å²) in [6.45, 7) is 3.84. The molecule has 0 fully saturated rings. The summed E-state index contributed by atoms with van der Waals surface area (Å²) in [5.41, 5.74) is 7.90. The largest absolute Gasteiger partial charge is 0.439 e. The first-order valence-corrected chi connectivity index (χ1v) is 9.90. The highest BCUT2D eigenvalue weighted by Gasteiger charge is 2.04. The zero-order valence-corrected chi connectivity index (χ0v) is 16.6. The van der Waals surface area contributed by atoms with Gasteiger partial charge in [-0.2, -0.15) is 0 Å². The number of aromatic amines is 1. The minimum absolute atomic E-state index is 0.354. The maximum absolute atomic E-state index is 11.1. The van der Waals surface area contributed by atoms with E-state index in [2.05, 4.69) is 27.2 Å². The number of rotatable bonds is 11. The minimum atomic E-state index is -0.508. The van der Waals surface area contributed by atoms with Gasteiger partial charge in [-0.05, 0) is 43.1 Å². The maximum atomic E-state index is 11.1. The lowest BCUT2D eigenvalue weighted by atomic mass is 10.1. The van der Waals surface area contributed by atoms with E-state index in [1.807, 2.05) is 30.5 Å². The van der Waals surface area contributed by atoms with Crippen molar-refractivity contribution >= 4 is 5.91 Å². The van der Waals surface area contributed by atoms with Crippen molar-refractivity contribution in [3.8, 4) is 11.6 Å². The summed E-state index contributed by atoms with van der Waals surface area (Å²) in [6.07, 6.45) is 7.59. The zero-order valence-electron chi connectivity index (χ0n) is 16.6. The molecule has 152 valence electrons. The highest BCUT2D eigenvalue weighted by Crippen LogP contribution is 2.20. The van der Waals surface area contributed by atoms with E-state index in [0.717, 1.165) is 43.9 Å². The fourth-order valence-corrected chi connectivity index (χ4v) is 2.85. The molecule has 2 aromatic heterocycles. The topological polar surface area (TPSA) is 106 Å². The van der Waals surface area contributed by atoms with Crippen LogP contribution >= 0.6 is 0 Å². The van der Waals surface area contributed by atoms with Gasteiger partial charge in [0.25, 0.3) is 0 Å². The molecule has 0 aliphatic heterocycles. The predicted octanol–water partition coefficient (Wildman–Crippen LogP) is 3.37. The number of hydrogen-bond donors (Lipinski definition) is 3. The predicted molar refractivity (Wildman–Crippen MR) is 112 cm³/mol. The van der Waals surface area contributed by atoms with Gasteiger partial charge in [-0.1, -0.05) is 25.5 Å². The molecule has 0 unspecified atom stereocenters. The van der Waals surface area contributed by atoms with E-state index in [1.54, 1.807) is 12.1 Å². The van der Waals surface area contributed by atoms with Crippen LogP contribution in [0, 0.1) is 0 Å². The van der Waals surface area contributed by atoms with E-state index in [1.165, 1.54) is 18.2 Å². The average molecular weight is 393 g/mol. The van der Waals surface area contributed by atoms with Gasteiger partial charge in [0.1, 0.15) is 11.6 Å². The van der Waals surface area contributed by atoms with E-state index in [0.29, 0.717) is 17.2 Å². The Kier molecular flexibility index (Phi) is 7.35. The van der Waals surface area contributed by atoms with E-state index < -0.39 is 5.91 Å². The molecule has 0 bridgehead atoms. The highest BCUT2D eigenvalue weighted by atomic mass is 16.5. The number of nitrogens with two attached hydrogens (primary N) is 1. The molecular weight excluding hydrogens is 366 g/mol. The van der Waals surface area contributed by atoms with Crippen molar-refractivity contribution < 1.29 is 9.53 Å². The van der Waals surface area contributed by atoms with Crippen molar-refractivity contribution in [3.05, 3.63) is 71.4 Å². The van der Waals surface area contributed by atoms with Crippen LogP contribution in [0.5, 0.6) is 11.6 Å². The van der Waals surface area contributed by atoms with Crippen molar-refractivity contribution in [2.24, 2.45) is 5.73 Å². The Morgan fingerprint density at radius 1 is 1.10 bits per heavy atom. The molecule has 1 amide bonds. The summed E-state index contributed by atoms with van der Waals surface area (Å²) in [6, 6.07) is 11.1.